The molecule has 0 spiro atoms. The number of benzene rings is 1. The molecular weight excluding hydrogens is 314 g/mol. The van der Waals surface area contributed by atoms with Crippen LogP contribution in [-0.4, -0.2) is 37.1 Å². The Morgan fingerprint density at radius 3 is 2.42 bits per heavy atom. The van der Waals surface area contributed by atoms with Gasteiger partial charge in [-0.1, -0.05) is 12.8 Å². The van der Waals surface area contributed by atoms with Crippen LogP contribution in [0.25, 0.3) is 0 Å². The molecule has 0 unspecified atom stereocenters. The van der Waals surface area contributed by atoms with Crippen LogP contribution in [0.1, 0.15) is 31.2 Å². The lowest BCUT2D eigenvalue weighted by Crippen LogP contribution is -2.52. The fourth-order valence-electron chi connectivity index (χ4n) is 3.00. The van der Waals surface area contributed by atoms with Gasteiger partial charge in [0.05, 0.1) is 30.7 Å². The number of nitro groups is 1. The molecule has 0 saturated heterocycles. The number of carbonyl (C=O) groups is 1. The van der Waals surface area contributed by atoms with E-state index in [1.165, 1.54) is 20.3 Å². The number of ether oxygens (including phenoxy) is 2. The Morgan fingerprint density at radius 2 is 1.88 bits per heavy atom. The van der Waals surface area contributed by atoms with Crippen molar-refractivity contribution >= 4 is 11.6 Å². The molecule has 2 rings (SSSR count). The van der Waals surface area contributed by atoms with Crippen molar-refractivity contribution in [2.24, 2.45) is 5.73 Å². The van der Waals surface area contributed by atoms with Gasteiger partial charge in [0, 0.05) is 12.1 Å². The van der Waals surface area contributed by atoms with Crippen molar-refractivity contribution in [2.45, 2.75) is 37.6 Å². The Bertz CT molecular complexity index is 626. The first-order chi connectivity index (χ1) is 11.4. The molecule has 8 nitrogen and oxygen atoms in total. The number of rotatable bonds is 7. The lowest BCUT2D eigenvalue weighted by atomic mass is 9.98. The van der Waals surface area contributed by atoms with Crippen LogP contribution in [0.4, 0.5) is 5.69 Å². The van der Waals surface area contributed by atoms with Gasteiger partial charge >= 0.3 is 0 Å². The van der Waals surface area contributed by atoms with Crippen molar-refractivity contribution in [2.75, 3.05) is 20.8 Å². The van der Waals surface area contributed by atoms with Crippen molar-refractivity contribution < 1.29 is 19.2 Å². The monoisotopic (exact) mass is 337 g/mol. The quantitative estimate of drug-likeness (QED) is 0.576. The first-order valence-corrected chi connectivity index (χ1v) is 7.88. The minimum Gasteiger partial charge on any atom is -0.493 e. The van der Waals surface area contributed by atoms with Gasteiger partial charge in [-0.3, -0.25) is 14.9 Å². The zero-order chi connectivity index (χ0) is 17.7. The molecule has 0 aliphatic heterocycles. The average Bonchev–Trinajstić information content (AvgIpc) is 3.02. The molecular formula is C16H23N3O5. The zero-order valence-electron chi connectivity index (χ0n) is 14.0. The zero-order valence-corrected chi connectivity index (χ0v) is 14.0. The molecule has 0 bridgehead atoms. The predicted molar refractivity (Wildman–Crippen MR) is 88.3 cm³/mol. The molecule has 0 heterocycles. The SMILES string of the molecule is COc1cc(CCNC(=O)C2(N)CCCC2)c([N+](=O)[O-])cc1OC. The number of nitrogens with one attached hydrogen (secondary N) is 1. The largest absolute Gasteiger partial charge is 0.493 e. The minimum atomic E-state index is -0.802. The Hall–Kier alpha value is -2.35. The van der Waals surface area contributed by atoms with Crippen LogP contribution in [-0.2, 0) is 11.2 Å². The predicted octanol–water partition coefficient (Wildman–Crippen LogP) is 1.54. The summed E-state index contributed by atoms with van der Waals surface area (Å²) >= 11 is 0. The Kier molecular flexibility index (Phi) is 5.61. The third-order valence-electron chi connectivity index (χ3n) is 4.41. The first kappa shape index (κ1) is 18.0. The van der Waals surface area contributed by atoms with Crippen LogP contribution in [0.15, 0.2) is 12.1 Å². The Morgan fingerprint density at radius 1 is 1.29 bits per heavy atom. The van der Waals surface area contributed by atoms with Crippen LogP contribution < -0.4 is 20.5 Å². The number of methoxy groups -OCH3 is 2. The normalized spacial score (nSPS) is 15.8. The van der Waals surface area contributed by atoms with E-state index in [1.807, 2.05) is 0 Å². The molecule has 0 radical (unpaired) electrons. The topological polar surface area (TPSA) is 117 Å². The number of nitrogens with zero attached hydrogens (tertiary/aromatic N) is 1. The molecule has 24 heavy (non-hydrogen) atoms. The molecule has 1 aromatic carbocycles. The summed E-state index contributed by atoms with van der Waals surface area (Å²) in [5.41, 5.74) is 5.69. The second-order valence-electron chi connectivity index (χ2n) is 5.96. The fourth-order valence-corrected chi connectivity index (χ4v) is 3.00. The highest BCUT2D eigenvalue weighted by Gasteiger charge is 2.36. The third kappa shape index (κ3) is 3.76. The van der Waals surface area contributed by atoms with Crippen molar-refractivity contribution in [1.29, 1.82) is 0 Å². The standard InChI is InChI=1S/C16H23N3O5/c1-23-13-9-11(12(19(21)22)10-14(13)24-2)5-8-18-15(20)16(17)6-3-4-7-16/h9-10H,3-8,17H2,1-2H3,(H,18,20). The molecule has 1 amide bonds. The fraction of sp³-hybridized carbons (Fsp3) is 0.562. The lowest BCUT2D eigenvalue weighted by molar-refractivity contribution is -0.385. The Labute approximate surface area is 140 Å². The Balaban J connectivity index is 2.08. The van der Waals surface area contributed by atoms with Crippen molar-refractivity contribution in [3.8, 4) is 11.5 Å². The molecule has 1 aromatic rings. The molecule has 1 aliphatic rings. The van der Waals surface area contributed by atoms with E-state index in [0.717, 1.165) is 12.8 Å². The average molecular weight is 337 g/mol. The van der Waals surface area contributed by atoms with Gasteiger partial charge in [-0.15, -0.1) is 0 Å². The van der Waals surface area contributed by atoms with Crippen molar-refractivity contribution in [3.05, 3.63) is 27.8 Å². The number of hydrogen-bond donors (Lipinski definition) is 2. The van der Waals surface area contributed by atoms with Crippen LogP contribution in [0.2, 0.25) is 0 Å². The van der Waals surface area contributed by atoms with Gasteiger partial charge in [0.15, 0.2) is 11.5 Å². The summed E-state index contributed by atoms with van der Waals surface area (Å²) < 4.78 is 10.3. The molecule has 1 aliphatic carbocycles. The maximum absolute atomic E-state index is 12.2. The van der Waals surface area contributed by atoms with Crippen LogP contribution in [0.3, 0.4) is 0 Å². The van der Waals surface area contributed by atoms with E-state index in [0.29, 0.717) is 36.3 Å². The highest BCUT2D eigenvalue weighted by molar-refractivity contribution is 5.86. The minimum absolute atomic E-state index is 0.0646. The molecule has 0 atom stereocenters. The van der Waals surface area contributed by atoms with Gasteiger partial charge in [0.25, 0.3) is 5.69 Å². The van der Waals surface area contributed by atoms with Gasteiger partial charge in [0.2, 0.25) is 5.91 Å². The van der Waals surface area contributed by atoms with Crippen molar-refractivity contribution in [1.82, 2.24) is 5.32 Å². The van der Waals surface area contributed by atoms with E-state index in [1.54, 1.807) is 6.07 Å². The van der Waals surface area contributed by atoms with Crippen LogP contribution in [0.5, 0.6) is 11.5 Å². The maximum atomic E-state index is 12.2. The smallest absolute Gasteiger partial charge is 0.276 e. The van der Waals surface area contributed by atoms with E-state index >= 15 is 0 Å². The second kappa shape index (κ2) is 7.48. The van der Waals surface area contributed by atoms with E-state index in [9.17, 15) is 14.9 Å². The summed E-state index contributed by atoms with van der Waals surface area (Å²) in [6.07, 6.45) is 3.55. The van der Waals surface area contributed by atoms with E-state index in [4.69, 9.17) is 15.2 Å². The van der Waals surface area contributed by atoms with Crippen molar-refractivity contribution in [3.63, 3.8) is 0 Å². The highest BCUT2D eigenvalue weighted by Crippen LogP contribution is 2.34. The summed E-state index contributed by atoms with van der Waals surface area (Å²) in [6.45, 7) is 0.272. The van der Waals surface area contributed by atoms with Gasteiger partial charge < -0.3 is 20.5 Å². The summed E-state index contributed by atoms with van der Waals surface area (Å²) in [7, 11) is 2.89. The summed E-state index contributed by atoms with van der Waals surface area (Å²) in [6, 6.07) is 2.90. The number of carbonyl (C=O) groups excluding carboxylic acids is 1. The molecule has 132 valence electrons. The molecule has 0 aromatic heterocycles. The number of nitro benzene ring substituents is 1. The molecule has 1 fully saturated rings. The van der Waals surface area contributed by atoms with Gasteiger partial charge in [-0.05, 0) is 25.3 Å². The van der Waals surface area contributed by atoms with E-state index < -0.39 is 10.5 Å². The van der Waals surface area contributed by atoms with Gasteiger partial charge in [-0.25, -0.2) is 0 Å². The number of amides is 1. The highest BCUT2D eigenvalue weighted by atomic mass is 16.6. The van der Waals surface area contributed by atoms with E-state index in [2.05, 4.69) is 5.32 Å². The molecule has 1 saturated carbocycles. The van der Waals surface area contributed by atoms with E-state index in [-0.39, 0.29) is 18.1 Å². The maximum Gasteiger partial charge on any atom is 0.276 e. The van der Waals surface area contributed by atoms with Gasteiger partial charge in [-0.2, -0.15) is 0 Å². The van der Waals surface area contributed by atoms with Gasteiger partial charge in [0.1, 0.15) is 0 Å². The summed E-state index contributed by atoms with van der Waals surface area (Å²) in [5.74, 6) is 0.516. The lowest BCUT2D eigenvalue weighted by Gasteiger charge is -2.22. The number of hydrogen-bond acceptors (Lipinski definition) is 6. The summed E-state index contributed by atoms with van der Waals surface area (Å²) in [4.78, 5) is 23.0. The third-order valence-corrected chi connectivity index (χ3v) is 4.41. The summed E-state index contributed by atoms with van der Waals surface area (Å²) in [5, 5.41) is 14.0. The molecule has 3 N–H and O–H groups in total. The number of nitrogens with two attached hydrogens (primary N) is 1. The first-order valence-electron chi connectivity index (χ1n) is 7.88. The molecule has 8 heteroatoms. The van der Waals surface area contributed by atoms with Crippen LogP contribution >= 0.6 is 0 Å². The van der Waals surface area contributed by atoms with Crippen LogP contribution in [0, 0.1) is 10.1 Å². The second-order valence-corrected chi connectivity index (χ2v) is 5.96.